The second-order valence-corrected chi connectivity index (χ2v) is 6.43. The van der Waals surface area contributed by atoms with Gasteiger partial charge in [0.15, 0.2) is 0 Å². The van der Waals surface area contributed by atoms with Crippen LogP contribution in [0.5, 0.6) is 5.75 Å². The van der Waals surface area contributed by atoms with Gasteiger partial charge in [-0.25, -0.2) is 4.98 Å². The van der Waals surface area contributed by atoms with Gasteiger partial charge in [-0.15, -0.1) is 11.3 Å². The maximum Gasteiger partial charge on any atom is 0.134 e. The van der Waals surface area contributed by atoms with Crippen molar-refractivity contribution < 1.29 is 4.74 Å². The number of benzene rings is 2. The summed E-state index contributed by atoms with van der Waals surface area (Å²) in [5.74, 6) is 0.828. The first-order valence-electron chi connectivity index (χ1n) is 8.07. The summed E-state index contributed by atoms with van der Waals surface area (Å²) < 4.78 is 5.44. The van der Waals surface area contributed by atoms with E-state index in [0.717, 1.165) is 27.6 Å². The van der Waals surface area contributed by atoms with Gasteiger partial charge in [0.05, 0.1) is 17.9 Å². The predicted molar refractivity (Wildman–Crippen MR) is 103 cm³/mol. The molecular weight excluding hydrogens is 328 g/mol. The smallest absolute Gasteiger partial charge is 0.134 e. The second kappa shape index (κ2) is 7.78. The molecule has 0 unspecified atom stereocenters. The number of allylic oxidation sites excluding steroid dienone is 1. The lowest BCUT2D eigenvalue weighted by Gasteiger charge is -2.02. The van der Waals surface area contributed by atoms with Crippen molar-refractivity contribution in [3.63, 3.8) is 0 Å². The fraction of sp³-hybridized carbons (Fsp3) is 0.143. The third-order valence-electron chi connectivity index (χ3n) is 3.70. The Morgan fingerprint density at radius 2 is 1.88 bits per heavy atom. The third-order valence-corrected chi connectivity index (χ3v) is 4.58. The Hall–Kier alpha value is -2.90. The molecule has 0 aliphatic rings. The Morgan fingerprint density at radius 3 is 2.52 bits per heavy atom. The number of rotatable bonds is 5. The minimum Gasteiger partial charge on any atom is -0.494 e. The van der Waals surface area contributed by atoms with E-state index in [1.165, 1.54) is 16.9 Å². The molecule has 3 nitrogen and oxygen atoms in total. The number of aromatic nitrogens is 1. The quantitative estimate of drug-likeness (QED) is 0.566. The average Bonchev–Trinajstić information content (AvgIpc) is 3.12. The van der Waals surface area contributed by atoms with E-state index in [1.807, 2.05) is 42.6 Å². The zero-order chi connectivity index (χ0) is 17.6. The van der Waals surface area contributed by atoms with Crippen molar-refractivity contribution in [1.29, 1.82) is 5.26 Å². The molecule has 0 atom stereocenters. The number of ether oxygens (including phenoxy) is 1. The highest BCUT2D eigenvalue weighted by Crippen LogP contribution is 2.27. The van der Waals surface area contributed by atoms with Crippen molar-refractivity contribution in [2.45, 2.75) is 13.8 Å². The zero-order valence-electron chi connectivity index (χ0n) is 14.2. The molecule has 0 N–H and O–H groups in total. The van der Waals surface area contributed by atoms with Gasteiger partial charge in [-0.3, -0.25) is 0 Å². The fourth-order valence-corrected chi connectivity index (χ4v) is 3.18. The van der Waals surface area contributed by atoms with E-state index >= 15 is 0 Å². The highest BCUT2D eigenvalue weighted by molar-refractivity contribution is 7.11. The molecule has 0 aliphatic carbocycles. The molecule has 0 amide bonds. The van der Waals surface area contributed by atoms with E-state index in [0.29, 0.717) is 12.2 Å². The molecule has 0 spiro atoms. The topological polar surface area (TPSA) is 45.9 Å². The lowest BCUT2D eigenvalue weighted by Crippen LogP contribution is -1.90. The van der Waals surface area contributed by atoms with Crippen LogP contribution in [0.15, 0.2) is 53.9 Å². The molecule has 0 radical (unpaired) electrons. The highest BCUT2D eigenvalue weighted by Gasteiger charge is 2.09. The van der Waals surface area contributed by atoms with E-state index in [9.17, 15) is 5.26 Å². The van der Waals surface area contributed by atoms with E-state index in [1.54, 1.807) is 0 Å². The molecule has 0 saturated heterocycles. The molecule has 124 valence electrons. The third kappa shape index (κ3) is 4.14. The summed E-state index contributed by atoms with van der Waals surface area (Å²) >= 11 is 1.49. The zero-order valence-corrected chi connectivity index (χ0v) is 15.0. The standard InChI is InChI=1S/C21H18N2OS/c1-3-24-19-10-6-16(7-11-19)12-18(13-22)21-23-20(14-25-21)17-8-4-15(2)5-9-17/h4-12,14H,3H2,1-2H3. The Kier molecular flexibility index (Phi) is 5.27. The van der Waals surface area contributed by atoms with Crippen LogP contribution in [0.1, 0.15) is 23.1 Å². The minimum absolute atomic E-state index is 0.563. The molecule has 0 fully saturated rings. The fourth-order valence-electron chi connectivity index (χ4n) is 2.39. The molecule has 1 heterocycles. The number of nitriles is 1. The van der Waals surface area contributed by atoms with Crippen LogP contribution in [0.2, 0.25) is 0 Å². The summed E-state index contributed by atoms with van der Waals surface area (Å²) in [5.41, 5.74) is 4.69. The molecular formula is C21H18N2OS. The number of hydrogen-bond acceptors (Lipinski definition) is 4. The molecule has 0 bridgehead atoms. The van der Waals surface area contributed by atoms with E-state index in [-0.39, 0.29) is 0 Å². The monoisotopic (exact) mass is 346 g/mol. The van der Waals surface area contributed by atoms with Crippen molar-refractivity contribution in [2.24, 2.45) is 0 Å². The molecule has 2 aromatic carbocycles. The maximum absolute atomic E-state index is 9.52. The van der Waals surface area contributed by atoms with Crippen LogP contribution < -0.4 is 4.74 Å². The molecule has 4 heteroatoms. The normalized spacial score (nSPS) is 11.2. The van der Waals surface area contributed by atoms with Gasteiger partial charge >= 0.3 is 0 Å². The van der Waals surface area contributed by atoms with Crippen LogP contribution in [0.25, 0.3) is 22.9 Å². The Balaban J connectivity index is 1.86. The van der Waals surface area contributed by atoms with E-state index < -0.39 is 0 Å². The highest BCUT2D eigenvalue weighted by atomic mass is 32.1. The molecule has 25 heavy (non-hydrogen) atoms. The van der Waals surface area contributed by atoms with Crippen molar-refractivity contribution in [2.75, 3.05) is 6.61 Å². The maximum atomic E-state index is 9.52. The summed E-state index contributed by atoms with van der Waals surface area (Å²) in [5, 5.41) is 12.2. The van der Waals surface area contributed by atoms with Crippen LogP contribution >= 0.6 is 11.3 Å². The van der Waals surface area contributed by atoms with Crippen molar-refractivity contribution in [1.82, 2.24) is 4.98 Å². The van der Waals surface area contributed by atoms with Crippen molar-refractivity contribution >= 4 is 23.0 Å². The van der Waals surface area contributed by atoms with Gasteiger partial charge < -0.3 is 4.74 Å². The van der Waals surface area contributed by atoms with Gasteiger partial charge in [-0.05, 0) is 37.6 Å². The van der Waals surface area contributed by atoms with Crippen LogP contribution in [0, 0.1) is 18.3 Å². The van der Waals surface area contributed by atoms with E-state index in [4.69, 9.17) is 4.74 Å². The number of hydrogen-bond donors (Lipinski definition) is 0. The van der Waals surface area contributed by atoms with Crippen LogP contribution in [-0.2, 0) is 0 Å². The molecule has 0 aliphatic heterocycles. The summed E-state index contributed by atoms with van der Waals surface area (Å²) in [6.07, 6.45) is 1.85. The first kappa shape index (κ1) is 16.9. The van der Waals surface area contributed by atoms with Crippen molar-refractivity contribution in [3.05, 3.63) is 70.0 Å². The molecule has 3 rings (SSSR count). The van der Waals surface area contributed by atoms with Crippen LogP contribution in [0.4, 0.5) is 0 Å². The molecule has 0 saturated carbocycles. The lowest BCUT2D eigenvalue weighted by molar-refractivity contribution is 0.340. The number of thiazole rings is 1. The molecule has 3 aromatic rings. The minimum atomic E-state index is 0.563. The van der Waals surface area contributed by atoms with Crippen LogP contribution in [-0.4, -0.2) is 11.6 Å². The lowest BCUT2D eigenvalue weighted by atomic mass is 10.1. The van der Waals surface area contributed by atoms with Gasteiger partial charge in [-0.2, -0.15) is 5.26 Å². The summed E-state index contributed by atoms with van der Waals surface area (Å²) in [7, 11) is 0. The van der Waals surface area contributed by atoms with Crippen LogP contribution in [0.3, 0.4) is 0 Å². The Labute approximate surface area is 151 Å². The summed E-state index contributed by atoms with van der Waals surface area (Å²) in [6.45, 7) is 4.65. The Bertz CT molecular complexity index is 916. The molecule has 1 aromatic heterocycles. The van der Waals surface area contributed by atoms with E-state index in [2.05, 4.69) is 42.2 Å². The van der Waals surface area contributed by atoms with Gasteiger partial charge in [0.1, 0.15) is 16.8 Å². The average molecular weight is 346 g/mol. The SMILES string of the molecule is CCOc1ccc(C=C(C#N)c2nc(-c3ccc(C)cc3)cs2)cc1. The summed E-state index contributed by atoms with van der Waals surface area (Å²) in [6, 6.07) is 18.2. The Morgan fingerprint density at radius 1 is 1.16 bits per heavy atom. The first-order chi connectivity index (χ1) is 12.2. The second-order valence-electron chi connectivity index (χ2n) is 5.58. The number of aryl methyl sites for hydroxylation is 1. The first-order valence-corrected chi connectivity index (χ1v) is 8.95. The van der Waals surface area contributed by atoms with Crippen molar-refractivity contribution in [3.8, 4) is 23.1 Å². The van der Waals surface area contributed by atoms with Gasteiger partial charge in [-0.1, -0.05) is 42.0 Å². The van der Waals surface area contributed by atoms with Gasteiger partial charge in [0, 0.05) is 10.9 Å². The largest absolute Gasteiger partial charge is 0.494 e. The van der Waals surface area contributed by atoms with Gasteiger partial charge in [0.2, 0.25) is 0 Å². The number of nitrogens with zero attached hydrogens (tertiary/aromatic N) is 2. The van der Waals surface area contributed by atoms with Gasteiger partial charge in [0.25, 0.3) is 0 Å². The predicted octanol–water partition coefficient (Wildman–Crippen LogP) is 5.58. The summed E-state index contributed by atoms with van der Waals surface area (Å²) in [4.78, 5) is 4.63.